The van der Waals surface area contributed by atoms with E-state index in [4.69, 9.17) is 4.74 Å². The molecule has 5 nitrogen and oxygen atoms in total. The van der Waals surface area contributed by atoms with E-state index in [0.29, 0.717) is 19.5 Å². The summed E-state index contributed by atoms with van der Waals surface area (Å²) in [7, 11) is 1.63. The number of ether oxygens (including phenoxy) is 1. The third-order valence-electron chi connectivity index (χ3n) is 4.30. The molecule has 26 heavy (non-hydrogen) atoms. The number of anilines is 1. The summed E-state index contributed by atoms with van der Waals surface area (Å²) in [4.78, 5) is 28.0. The van der Waals surface area contributed by atoms with Crippen LogP contribution in [-0.4, -0.2) is 43.5 Å². The third kappa shape index (κ3) is 5.09. The lowest BCUT2D eigenvalue weighted by atomic mass is 10.1. The molecule has 0 N–H and O–H groups in total. The molecule has 0 saturated carbocycles. The predicted molar refractivity (Wildman–Crippen MR) is 103 cm³/mol. The van der Waals surface area contributed by atoms with Gasteiger partial charge in [0, 0.05) is 25.7 Å². The first-order valence-electron chi connectivity index (χ1n) is 8.79. The topological polar surface area (TPSA) is 49.9 Å². The van der Waals surface area contributed by atoms with Crippen molar-refractivity contribution in [2.24, 2.45) is 0 Å². The maximum absolute atomic E-state index is 12.7. The van der Waals surface area contributed by atoms with E-state index >= 15 is 0 Å². The Balaban J connectivity index is 2.05. The lowest BCUT2D eigenvalue weighted by Gasteiger charge is -2.26. The molecule has 0 heterocycles. The van der Waals surface area contributed by atoms with Gasteiger partial charge in [0.15, 0.2) is 0 Å². The summed E-state index contributed by atoms with van der Waals surface area (Å²) >= 11 is 0. The van der Waals surface area contributed by atoms with Gasteiger partial charge in [0.05, 0.1) is 7.11 Å². The van der Waals surface area contributed by atoms with E-state index in [1.165, 1.54) is 6.92 Å². The summed E-state index contributed by atoms with van der Waals surface area (Å²) in [5.74, 6) is 0.591. The summed E-state index contributed by atoms with van der Waals surface area (Å²) in [5, 5.41) is 0. The van der Waals surface area contributed by atoms with Gasteiger partial charge in [-0.3, -0.25) is 9.59 Å². The van der Waals surface area contributed by atoms with Crippen molar-refractivity contribution in [1.82, 2.24) is 4.90 Å². The Morgan fingerprint density at radius 2 is 1.65 bits per heavy atom. The van der Waals surface area contributed by atoms with Crippen molar-refractivity contribution < 1.29 is 14.3 Å². The Bertz CT molecular complexity index is 731. The highest BCUT2D eigenvalue weighted by Gasteiger charge is 2.19. The number of likely N-dealkylation sites (N-methyl/N-ethyl adjacent to an activating group) is 1. The second kappa shape index (κ2) is 9.61. The summed E-state index contributed by atoms with van der Waals surface area (Å²) < 4.78 is 5.35. The van der Waals surface area contributed by atoms with Crippen molar-refractivity contribution in [3.8, 4) is 5.75 Å². The number of methoxy groups -OCH3 is 1. The molecule has 2 rings (SSSR count). The molecule has 138 valence electrons. The van der Waals surface area contributed by atoms with Crippen LogP contribution in [0.3, 0.4) is 0 Å². The molecule has 0 unspecified atom stereocenters. The molecule has 0 aromatic heterocycles. The lowest BCUT2D eigenvalue weighted by Crippen LogP contribution is -2.43. The Labute approximate surface area is 155 Å². The van der Waals surface area contributed by atoms with Gasteiger partial charge in [-0.2, -0.15) is 0 Å². The van der Waals surface area contributed by atoms with Crippen molar-refractivity contribution in [2.45, 2.75) is 20.3 Å². The van der Waals surface area contributed by atoms with E-state index in [1.54, 1.807) is 16.9 Å². The first kappa shape index (κ1) is 19.5. The van der Waals surface area contributed by atoms with Crippen molar-refractivity contribution in [3.05, 3.63) is 60.2 Å². The highest BCUT2D eigenvalue weighted by molar-refractivity contribution is 5.96. The van der Waals surface area contributed by atoms with Crippen LogP contribution in [0.15, 0.2) is 54.6 Å². The van der Waals surface area contributed by atoms with Gasteiger partial charge in [0.1, 0.15) is 12.3 Å². The van der Waals surface area contributed by atoms with Crippen LogP contribution in [0.5, 0.6) is 5.75 Å². The highest BCUT2D eigenvalue weighted by atomic mass is 16.5. The molecule has 0 fully saturated rings. The number of amides is 2. The van der Waals surface area contributed by atoms with E-state index in [2.05, 4.69) is 0 Å². The largest absolute Gasteiger partial charge is 0.496 e. The zero-order valence-electron chi connectivity index (χ0n) is 15.6. The highest BCUT2D eigenvalue weighted by Crippen LogP contribution is 2.18. The normalized spacial score (nSPS) is 10.3. The Kier molecular flexibility index (Phi) is 7.21. The van der Waals surface area contributed by atoms with Crippen LogP contribution in [0.2, 0.25) is 0 Å². The molecule has 0 aliphatic heterocycles. The van der Waals surface area contributed by atoms with E-state index in [-0.39, 0.29) is 18.4 Å². The molecule has 0 atom stereocenters. The number of nitrogens with zero attached hydrogens (tertiary/aromatic N) is 2. The SMILES string of the molecule is CCN(C(=O)CN(CCc1ccccc1OC)C(C)=O)c1ccccc1. The van der Waals surface area contributed by atoms with Crippen LogP contribution in [0.25, 0.3) is 0 Å². The van der Waals surface area contributed by atoms with Gasteiger partial charge in [0.2, 0.25) is 11.8 Å². The van der Waals surface area contributed by atoms with Gasteiger partial charge in [-0.25, -0.2) is 0 Å². The van der Waals surface area contributed by atoms with E-state index in [0.717, 1.165) is 17.0 Å². The second-order valence-corrected chi connectivity index (χ2v) is 5.98. The van der Waals surface area contributed by atoms with Gasteiger partial charge >= 0.3 is 0 Å². The maximum atomic E-state index is 12.7. The molecule has 5 heteroatoms. The van der Waals surface area contributed by atoms with E-state index < -0.39 is 0 Å². The summed E-state index contributed by atoms with van der Waals surface area (Å²) in [5.41, 5.74) is 1.86. The van der Waals surface area contributed by atoms with Gasteiger partial charge in [-0.05, 0) is 37.1 Å². The number of hydrogen-bond acceptors (Lipinski definition) is 3. The Morgan fingerprint density at radius 3 is 2.27 bits per heavy atom. The molecule has 0 spiro atoms. The predicted octanol–water partition coefficient (Wildman–Crippen LogP) is 3.14. The van der Waals surface area contributed by atoms with Crippen LogP contribution in [0.4, 0.5) is 5.69 Å². The van der Waals surface area contributed by atoms with Gasteiger partial charge in [0.25, 0.3) is 0 Å². The maximum Gasteiger partial charge on any atom is 0.246 e. The minimum atomic E-state index is -0.114. The number of rotatable bonds is 8. The summed E-state index contributed by atoms with van der Waals surface area (Å²) in [6.07, 6.45) is 0.633. The summed E-state index contributed by atoms with van der Waals surface area (Å²) in [6.45, 7) is 4.51. The molecule has 2 aromatic carbocycles. The second-order valence-electron chi connectivity index (χ2n) is 5.98. The fourth-order valence-electron chi connectivity index (χ4n) is 2.87. The zero-order valence-corrected chi connectivity index (χ0v) is 15.6. The number of hydrogen-bond donors (Lipinski definition) is 0. The van der Waals surface area contributed by atoms with Crippen molar-refractivity contribution >= 4 is 17.5 Å². The standard InChI is InChI=1S/C21H26N2O3/c1-4-23(19-11-6-5-7-12-19)21(25)16-22(17(2)24)15-14-18-10-8-9-13-20(18)26-3/h5-13H,4,14-16H2,1-3H3. The van der Waals surface area contributed by atoms with Crippen LogP contribution in [-0.2, 0) is 16.0 Å². The number of carbonyl (C=O) groups excluding carboxylic acids is 2. The molecule has 0 bridgehead atoms. The minimum Gasteiger partial charge on any atom is -0.496 e. The van der Waals surface area contributed by atoms with Crippen LogP contribution in [0.1, 0.15) is 19.4 Å². The molecular formula is C21H26N2O3. The molecule has 2 amide bonds. The fourth-order valence-corrected chi connectivity index (χ4v) is 2.87. The van der Waals surface area contributed by atoms with Crippen LogP contribution < -0.4 is 9.64 Å². The van der Waals surface area contributed by atoms with Crippen LogP contribution >= 0.6 is 0 Å². The minimum absolute atomic E-state index is 0.0627. The van der Waals surface area contributed by atoms with Crippen molar-refractivity contribution in [3.63, 3.8) is 0 Å². The quantitative estimate of drug-likeness (QED) is 0.732. The molecule has 0 aliphatic carbocycles. The number of para-hydroxylation sites is 2. The molecule has 0 radical (unpaired) electrons. The van der Waals surface area contributed by atoms with Crippen molar-refractivity contribution in [2.75, 3.05) is 31.6 Å². The first-order chi connectivity index (χ1) is 12.6. The van der Waals surface area contributed by atoms with Crippen LogP contribution in [0, 0.1) is 0 Å². The first-order valence-corrected chi connectivity index (χ1v) is 8.79. The lowest BCUT2D eigenvalue weighted by molar-refractivity contribution is -0.133. The van der Waals surface area contributed by atoms with Gasteiger partial charge in [-0.1, -0.05) is 36.4 Å². The van der Waals surface area contributed by atoms with E-state index in [1.807, 2.05) is 61.5 Å². The Morgan fingerprint density at radius 1 is 1.00 bits per heavy atom. The molecule has 2 aromatic rings. The van der Waals surface area contributed by atoms with Gasteiger partial charge < -0.3 is 14.5 Å². The monoisotopic (exact) mass is 354 g/mol. The zero-order chi connectivity index (χ0) is 18.9. The molecular weight excluding hydrogens is 328 g/mol. The average Bonchev–Trinajstić information content (AvgIpc) is 2.66. The third-order valence-corrected chi connectivity index (χ3v) is 4.30. The number of carbonyl (C=O) groups is 2. The molecule has 0 saturated heterocycles. The smallest absolute Gasteiger partial charge is 0.246 e. The fraction of sp³-hybridized carbons (Fsp3) is 0.333. The Hall–Kier alpha value is -2.82. The van der Waals surface area contributed by atoms with Gasteiger partial charge in [-0.15, -0.1) is 0 Å². The molecule has 0 aliphatic rings. The summed E-state index contributed by atoms with van der Waals surface area (Å²) in [6, 6.07) is 17.2. The number of benzene rings is 2. The van der Waals surface area contributed by atoms with E-state index in [9.17, 15) is 9.59 Å². The van der Waals surface area contributed by atoms with Crippen molar-refractivity contribution in [1.29, 1.82) is 0 Å². The average molecular weight is 354 g/mol.